The number of nitrogens with one attached hydrogen (secondary N) is 2. The van der Waals surface area contributed by atoms with Gasteiger partial charge < -0.3 is 10.7 Å². The van der Waals surface area contributed by atoms with Crippen molar-refractivity contribution in [2.75, 3.05) is 10.7 Å². The number of hydrogen-bond acceptors (Lipinski definition) is 7. The van der Waals surface area contributed by atoms with Crippen molar-refractivity contribution in [2.45, 2.75) is 6.54 Å². The summed E-state index contributed by atoms with van der Waals surface area (Å²) < 4.78 is 13.7. The van der Waals surface area contributed by atoms with Crippen LogP contribution in [0, 0.1) is 5.82 Å². The molecule has 2 aromatic heterocycles. The highest BCUT2D eigenvalue weighted by Gasteiger charge is 2.12. The molecule has 4 N–H and O–H groups in total. The Morgan fingerprint density at radius 2 is 2.18 bits per heavy atom. The van der Waals surface area contributed by atoms with Crippen LogP contribution in [-0.2, 0) is 6.54 Å². The topological polar surface area (TPSA) is 88.8 Å². The largest absolute Gasteiger partial charge is 0.361 e. The van der Waals surface area contributed by atoms with E-state index in [0.29, 0.717) is 6.54 Å². The van der Waals surface area contributed by atoms with E-state index in [2.05, 4.69) is 25.7 Å². The highest BCUT2D eigenvalue weighted by molar-refractivity contribution is 7.09. The van der Waals surface area contributed by atoms with Crippen molar-refractivity contribution in [3.05, 3.63) is 27.7 Å². The van der Waals surface area contributed by atoms with Gasteiger partial charge in [0.15, 0.2) is 11.6 Å². The van der Waals surface area contributed by atoms with Crippen LogP contribution in [0.3, 0.4) is 0 Å². The lowest BCUT2D eigenvalue weighted by molar-refractivity contribution is 0.620. The second-order valence-electron chi connectivity index (χ2n) is 2.93. The Morgan fingerprint density at radius 1 is 1.41 bits per heavy atom. The first-order chi connectivity index (χ1) is 8.20. The van der Waals surface area contributed by atoms with Crippen molar-refractivity contribution < 1.29 is 4.39 Å². The lowest BCUT2D eigenvalue weighted by atomic mass is 10.5. The van der Waals surface area contributed by atoms with Gasteiger partial charge in [-0.3, -0.25) is 0 Å². The summed E-state index contributed by atoms with van der Waals surface area (Å²) in [5, 5.41) is 5.31. The number of nitrogens with zero attached hydrogens (tertiary/aromatic N) is 3. The van der Waals surface area contributed by atoms with Gasteiger partial charge in [-0.15, -0.1) is 11.3 Å². The number of hydrazine groups is 1. The van der Waals surface area contributed by atoms with E-state index in [1.807, 2.05) is 5.38 Å². The maximum absolute atomic E-state index is 13.7. The fourth-order valence-electron chi connectivity index (χ4n) is 1.13. The molecule has 0 aromatic carbocycles. The van der Waals surface area contributed by atoms with E-state index in [1.165, 1.54) is 11.3 Å². The van der Waals surface area contributed by atoms with Crippen LogP contribution in [0.2, 0.25) is 5.28 Å². The number of halogens is 2. The van der Waals surface area contributed by atoms with E-state index in [0.717, 1.165) is 5.01 Å². The van der Waals surface area contributed by atoms with Crippen LogP contribution < -0.4 is 16.6 Å². The van der Waals surface area contributed by atoms with E-state index in [4.69, 9.17) is 17.4 Å². The summed E-state index contributed by atoms with van der Waals surface area (Å²) in [6, 6.07) is 0. The zero-order valence-electron chi connectivity index (χ0n) is 8.44. The third-order valence-electron chi connectivity index (χ3n) is 1.85. The predicted molar refractivity (Wildman–Crippen MR) is 64.3 cm³/mol. The van der Waals surface area contributed by atoms with E-state index >= 15 is 0 Å². The predicted octanol–water partition coefficient (Wildman–Crippen LogP) is 1.62. The molecule has 0 amide bonds. The number of anilines is 2. The van der Waals surface area contributed by atoms with Crippen LogP contribution >= 0.6 is 22.9 Å². The minimum atomic E-state index is -0.687. The molecule has 0 bridgehead atoms. The monoisotopic (exact) mass is 274 g/mol. The van der Waals surface area contributed by atoms with E-state index in [-0.39, 0.29) is 16.9 Å². The van der Waals surface area contributed by atoms with Crippen molar-refractivity contribution in [3.63, 3.8) is 0 Å². The lowest BCUT2D eigenvalue weighted by Crippen LogP contribution is -2.13. The van der Waals surface area contributed by atoms with Gasteiger partial charge in [0.1, 0.15) is 5.01 Å². The molecule has 0 saturated carbocycles. The molecule has 0 radical (unpaired) electrons. The molecule has 2 heterocycles. The Balaban J connectivity index is 2.17. The van der Waals surface area contributed by atoms with Gasteiger partial charge in [-0.25, -0.2) is 10.8 Å². The highest BCUT2D eigenvalue weighted by atomic mass is 35.5. The molecule has 6 nitrogen and oxygen atoms in total. The van der Waals surface area contributed by atoms with Crippen LogP contribution in [0.15, 0.2) is 11.6 Å². The first-order valence-electron chi connectivity index (χ1n) is 4.52. The first-order valence-corrected chi connectivity index (χ1v) is 5.78. The molecular formula is C8H8ClFN6S. The first kappa shape index (κ1) is 12.0. The third-order valence-corrected chi connectivity index (χ3v) is 2.80. The molecule has 0 aliphatic heterocycles. The number of nitrogens with two attached hydrogens (primary N) is 1. The number of thiazole rings is 1. The van der Waals surface area contributed by atoms with Crippen molar-refractivity contribution in [3.8, 4) is 0 Å². The zero-order chi connectivity index (χ0) is 12.3. The Kier molecular flexibility index (Phi) is 3.67. The molecule has 17 heavy (non-hydrogen) atoms. The molecule has 0 aliphatic rings. The molecule has 2 rings (SSSR count). The molecule has 2 aromatic rings. The molecule has 0 aliphatic carbocycles. The average molecular weight is 275 g/mol. The number of hydrogen-bond donors (Lipinski definition) is 3. The fraction of sp³-hybridized carbons (Fsp3) is 0.125. The molecule has 9 heteroatoms. The van der Waals surface area contributed by atoms with Crippen LogP contribution in [0.1, 0.15) is 5.01 Å². The fourth-order valence-corrected chi connectivity index (χ4v) is 1.86. The normalized spacial score (nSPS) is 10.3. The Hall–Kier alpha value is -1.51. The molecule has 0 atom stereocenters. The van der Waals surface area contributed by atoms with E-state index in [1.54, 1.807) is 6.20 Å². The van der Waals surface area contributed by atoms with E-state index in [9.17, 15) is 4.39 Å². The lowest BCUT2D eigenvalue weighted by Gasteiger charge is -2.08. The summed E-state index contributed by atoms with van der Waals surface area (Å²) in [4.78, 5) is 11.4. The summed E-state index contributed by atoms with van der Waals surface area (Å²) in [5.74, 6) is 4.23. The summed E-state index contributed by atoms with van der Waals surface area (Å²) in [6.07, 6.45) is 1.66. The molecule has 0 unspecified atom stereocenters. The molecule has 0 fully saturated rings. The van der Waals surface area contributed by atoms with Gasteiger partial charge in [0, 0.05) is 11.6 Å². The molecule has 90 valence electrons. The second kappa shape index (κ2) is 5.21. The third kappa shape index (κ3) is 2.78. The van der Waals surface area contributed by atoms with Gasteiger partial charge in [0.2, 0.25) is 11.1 Å². The SMILES string of the molecule is NNc1nc(Cl)nc(NCc2nccs2)c1F. The van der Waals surface area contributed by atoms with Gasteiger partial charge in [0.25, 0.3) is 0 Å². The van der Waals surface area contributed by atoms with Crippen LogP contribution in [0.5, 0.6) is 0 Å². The number of aromatic nitrogens is 3. The Morgan fingerprint density at radius 3 is 2.82 bits per heavy atom. The summed E-state index contributed by atoms with van der Waals surface area (Å²) in [5.41, 5.74) is 2.11. The van der Waals surface area contributed by atoms with Crippen molar-refractivity contribution in [2.24, 2.45) is 5.84 Å². The summed E-state index contributed by atoms with van der Waals surface area (Å²) in [7, 11) is 0. The van der Waals surface area contributed by atoms with Gasteiger partial charge in [-0.05, 0) is 11.6 Å². The van der Waals surface area contributed by atoms with Gasteiger partial charge in [0.05, 0.1) is 6.54 Å². The number of nitrogen functional groups attached to an aromatic ring is 1. The Bertz CT molecular complexity index is 505. The molecule has 0 saturated heterocycles. The highest BCUT2D eigenvalue weighted by Crippen LogP contribution is 2.20. The van der Waals surface area contributed by atoms with Gasteiger partial charge >= 0.3 is 0 Å². The summed E-state index contributed by atoms with van der Waals surface area (Å²) >= 11 is 7.07. The average Bonchev–Trinajstić information content (AvgIpc) is 2.82. The zero-order valence-corrected chi connectivity index (χ0v) is 10.0. The minimum absolute atomic E-state index is 0.0202. The van der Waals surface area contributed by atoms with Crippen LogP contribution in [0.25, 0.3) is 0 Å². The van der Waals surface area contributed by atoms with Crippen molar-refractivity contribution in [1.82, 2.24) is 15.0 Å². The van der Waals surface area contributed by atoms with Crippen molar-refractivity contribution >= 4 is 34.6 Å². The van der Waals surface area contributed by atoms with Crippen LogP contribution in [0.4, 0.5) is 16.0 Å². The molecular weight excluding hydrogens is 267 g/mol. The molecule has 0 spiro atoms. The minimum Gasteiger partial charge on any atom is -0.361 e. The number of rotatable bonds is 4. The summed E-state index contributed by atoms with van der Waals surface area (Å²) in [6.45, 7) is 0.353. The van der Waals surface area contributed by atoms with Crippen molar-refractivity contribution in [1.29, 1.82) is 0 Å². The maximum Gasteiger partial charge on any atom is 0.226 e. The smallest absolute Gasteiger partial charge is 0.226 e. The van der Waals surface area contributed by atoms with Crippen LogP contribution in [-0.4, -0.2) is 15.0 Å². The maximum atomic E-state index is 13.7. The van der Waals surface area contributed by atoms with E-state index < -0.39 is 5.82 Å². The Labute approximate surface area is 105 Å². The quantitative estimate of drug-likeness (QED) is 0.446. The van der Waals surface area contributed by atoms with Gasteiger partial charge in [-0.2, -0.15) is 14.4 Å². The second-order valence-corrected chi connectivity index (χ2v) is 4.24. The standard InChI is InChI=1S/C8H8ClFN6S/c9-8-14-6(5(10)7(15-8)16-11)13-3-4-12-1-2-17-4/h1-2H,3,11H2,(H2,13,14,15,16). The van der Waals surface area contributed by atoms with Gasteiger partial charge in [-0.1, -0.05) is 0 Å².